The number of pyridine rings is 1. The predicted octanol–water partition coefficient (Wildman–Crippen LogP) is 2.66. The summed E-state index contributed by atoms with van der Waals surface area (Å²) in [5.74, 6) is 0. The minimum Gasteiger partial charge on any atom is -0.384 e. The van der Waals surface area contributed by atoms with Crippen molar-refractivity contribution >= 4 is 28.2 Å². The van der Waals surface area contributed by atoms with Crippen molar-refractivity contribution in [1.29, 1.82) is 0 Å². The van der Waals surface area contributed by atoms with Gasteiger partial charge < -0.3 is 20.9 Å². The molecule has 0 spiro atoms. The van der Waals surface area contributed by atoms with E-state index in [1.54, 1.807) is 0 Å². The van der Waals surface area contributed by atoms with Gasteiger partial charge in [-0.2, -0.15) is 0 Å². The van der Waals surface area contributed by atoms with Crippen molar-refractivity contribution in [3.8, 4) is 0 Å². The predicted molar refractivity (Wildman–Crippen MR) is 106 cm³/mol. The molecule has 5 nitrogen and oxygen atoms in total. The lowest BCUT2D eigenvalue weighted by molar-refractivity contribution is 0.132. The summed E-state index contributed by atoms with van der Waals surface area (Å²) in [6.45, 7) is 8.73. The summed E-state index contributed by atoms with van der Waals surface area (Å²) in [4.78, 5) is 9.47. The monoisotopic (exact) mass is 361 g/mol. The third-order valence-electron chi connectivity index (χ3n) is 4.81. The standard InChI is InChI=1S/C19H28ClN5/c20-16-3-4-17-18(5-8-23-19(17)15-16)22-7-2-10-25-13-11-24(12-14-25)9-1-6-21/h3-5,8,15H,1-2,6-7,9-14,21H2,(H,22,23). The molecule has 3 rings (SSSR count). The molecule has 0 saturated carbocycles. The van der Waals surface area contributed by atoms with Gasteiger partial charge in [-0.1, -0.05) is 11.6 Å². The molecule has 0 unspecified atom stereocenters. The van der Waals surface area contributed by atoms with Crippen LogP contribution in [0.1, 0.15) is 12.8 Å². The molecule has 0 atom stereocenters. The number of aromatic nitrogens is 1. The fraction of sp³-hybridized carbons (Fsp3) is 0.526. The highest BCUT2D eigenvalue weighted by atomic mass is 35.5. The van der Waals surface area contributed by atoms with Crippen LogP contribution in [0.3, 0.4) is 0 Å². The number of hydrogen-bond acceptors (Lipinski definition) is 5. The van der Waals surface area contributed by atoms with Gasteiger partial charge >= 0.3 is 0 Å². The Hall–Kier alpha value is -1.40. The maximum Gasteiger partial charge on any atom is 0.0737 e. The fourth-order valence-electron chi connectivity index (χ4n) is 3.35. The molecule has 2 heterocycles. The number of nitrogens with two attached hydrogens (primary N) is 1. The van der Waals surface area contributed by atoms with Gasteiger partial charge in [0.05, 0.1) is 5.52 Å². The summed E-state index contributed by atoms with van der Waals surface area (Å²) >= 11 is 6.05. The van der Waals surface area contributed by atoms with Crippen molar-refractivity contribution in [2.45, 2.75) is 12.8 Å². The van der Waals surface area contributed by atoms with E-state index in [1.165, 1.54) is 26.2 Å². The fourth-order valence-corrected chi connectivity index (χ4v) is 3.52. The lowest BCUT2D eigenvalue weighted by Gasteiger charge is -2.34. The summed E-state index contributed by atoms with van der Waals surface area (Å²) in [5, 5.41) is 5.40. The molecule has 0 amide bonds. The van der Waals surface area contributed by atoms with E-state index < -0.39 is 0 Å². The minimum atomic E-state index is 0.725. The van der Waals surface area contributed by atoms with E-state index in [-0.39, 0.29) is 0 Å². The zero-order chi connectivity index (χ0) is 17.5. The zero-order valence-corrected chi connectivity index (χ0v) is 15.5. The van der Waals surface area contributed by atoms with E-state index in [1.807, 2.05) is 30.5 Å². The van der Waals surface area contributed by atoms with Crippen molar-refractivity contribution in [2.24, 2.45) is 5.73 Å². The van der Waals surface area contributed by atoms with Crippen LogP contribution in [0.25, 0.3) is 10.9 Å². The molecule has 25 heavy (non-hydrogen) atoms. The SMILES string of the molecule is NCCCN1CCN(CCCNc2ccnc3cc(Cl)ccc23)CC1. The summed E-state index contributed by atoms with van der Waals surface area (Å²) in [6.07, 6.45) is 4.08. The molecule has 0 aliphatic carbocycles. The first kappa shape index (κ1) is 18.4. The topological polar surface area (TPSA) is 57.4 Å². The summed E-state index contributed by atoms with van der Waals surface area (Å²) in [7, 11) is 0. The molecule has 1 saturated heterocycles. The summed E-state index contributed by atoms with van der Waals surface area (Å²) in [5.41, 5.74) is 7.66. The maximum absolute atomic E-state index is 6.05. The van der Waals surface area contributed by atoms with Crippen molar-refractivity contribution in [2.75, 3.05) is 57.7 Å². The van der Waals surface area contributed by atoms with Gasteiger partial charge in [-0.3, -0.25) is 4.98 Å². The van der Waals surface area contributed by atoms with Gasteiger partial charge in [-0.25, -0.2) is 0 Å². The van der Waals surface area contributed by atoms with Crippen LogP contribution >= 0.6 is 11.6 Å². The van der Waals surface area contributed by atoms with E-state index in [9.17, 15) is 0 Å². The lowest BCUT2D eigenvalue weighted by atomic mass is 10.2. The van der Waals surface area contributed by atoms with E-state index in [0.29, 0.717) is 0 Å². The molecular weight excluding hydrogens is 334 g/mol. The van der Waals surface area contributed by atoms with Gasteiger partial charge in [-0.15, -0.1) is 0 Å². The van der Waals surface area contributed by atoms with E-state index in [0.717, 1.165) is 60.6 Å². The van der Waals surface area contributed by atoms with Crippen LogP contribution in [0.2, 0.25) is 5.02 Å². The zero-order valence-electron chi connectivity index (χ0n) is 14.8. The van der Waals surface area contributed by atoms with E-state index in [4.69, 9.17) is 17.3 Å². The molecule has 0 radical (unpaired) electrons. The van der Waals surface area contributed by atoms with Gasteiger partial charge in [0, 0.05) is 55.0 Å². The first-order valence-corrected chi connectivity index (χ1v) is 9.57. The van der Waals surface area contributed by atoms with Crippen molar-refractivity contribution in [1.82, 2.24) is 14.8 Å². The number of piperazine rings is 1. The average Bonchev–Trinajstić information content (AvgIpc) is 2.64. The average molecular weight is 362 g/mol. The molecule has 1 aromatic carbocycles. The minimum absolute atomic E-state index is 0.725. The molecule has 3 N–H and O–H groups in total. The van der Waals surface area contributed by atoms with Gasteiger partial charge in [-0.05, 0) is 56.7 Å². The van der Waals surface area contributed by atoms with Crippen LogP contribution in [-0.4, -0.2) is 67.1 Å². The number of fused-ring (bicyclic) bond motifs is 1. The first-order chi connectivity index (χ1) is 12.3. The summed E-state index contributed by atoms with van der Waals surface area (Å²) in [6, 6.07) is 7.90. The Morgan fingerprint density at radius 1 is 1.04 bits per heavy atom. The lowest BCUT2D eigenvalue weighted by Crippen LogP contribution is -2.47. The normalized spacial score (nSPS) is 16.4. The van der Waals surface area contributed by atoms with E-state index in [2.05, 4.69) is 20.1 Å². The van der Waals surface area contributed by atoms with Crippen LogP contribution in [0, 0.1) is 0 Å². The second-order valence-corrected chi connectivity index (χ2v) is 7.06. The molecule has 1 fully saturated rings. The molecule has 1 aliphatic heterocycles. The number of halogens is 1. The highest BCUT2D eigenvalue weighted by molar-refractivity contribution is 6.31. The van der Waals surface area contributed by atoms with Crippen LogP contribution in [0.4, 0.5) is 5.69 Å². The number of rotatable bonds is 8. The molecule has 1 aromatic heterocycles. The van der Waals surface area contributed by atoms with Gasteiger partial charge in [0.1, 0.15) is 0 Å². The Morgan fingerprint density at radius 3 is 2.48 bits per heavy atom. The van der Waals surface area contributed by atoms with Gasteiger partial charge in [0.25, 0.3) is 0 Å². The second kappa shape index (κ2) is 9.34. The van der Waals surface area contributed by atoms with Crippen LogP contribution in [-0.2, 0) is 0 Å². The molecule has 2 aromatic rings. The maximum atomic E-state index is 6.05. The first-order valence-electron chi connectivity index (χ1n) is 9.19. The molecule has 1 aliphatic rings. The highest BCUT2D eigenvalue weighted by Crippen LogP contribution is 2.24. The number of hydrogen-bond donors (Lipinski definition) is 2. The largest absolute Gasteiger partial charge is 0.384 e. The Bertz CT molecular complexity index is 670. The van der Waals surface area contributed by atoms with Crippen molar-refractivity contribution in [3.05, 3.63) is 35.5 Å². The Morgan fingerprint density at radius 2 is 1.76 bits per heavy atom. The van der Waals surface area contributed by atoms with Crippen LogP contribution in [0.15, 0.2) is 30.5 Å². The molecular formula is C19H28ClN5. The Kier molecular flexibility index (Phi) is 6.87. The number of anilines is 1. The Labute approximate surface area is 155 Å². The van der Waals surface area contributed by atoms with Crippen LogP contribution in [0.5, 0.6) is 0 Å². The van der Waals surface area contributed by atoms with Crippen molar-refractivity contribution < 1.29 is 0 Å². The quantitative estimate of drug-likeness (QED) is 0.708. The molecule has 6 heteroatoms. The van der Waals surface area contributed by atoms with Crippen molar-refractivity contribution in [3.63, 3.8) is 0 Å². The van der Waals surface area contributed by atoms with Gasteiger partial charge in [0.15, 0.2) is 0 Å². The number of nitrogens with zero attached hydrogens (tertiary/aromatic N) is 3. The van der Waals surface area contributed by atoms with Crippen LogP contribution < -0.4 is 11.1 Å². The highest BCUT2D eigenvalue weighted by Gasteiger charge is 2.15. The van der Waals surface area contributed by atoms with Gasteiger partial charge in [0.2, 0.25) is 0 Å². The smallest absolute Gasteiger partial charge is 0.0737 e. The summed E-state index contributed by atoms with van der Waals surface area (Å²) < 4.78 is 0. The second-order valence-electron chi connectivity index (χ2n) is 6.63. The molecule has 136 valence electrons. The number of nitrogens with one attached hydrogen (secondary N) is 1. The molecule has 0 bridgehead atoms. The van der Waals surface area contributed by atoms with E-state index >= 15 is 0 Å². The third-order valence-corrected chi connectivity index (χ3v) is 5.05. The third kappa shape index (κ3) is 5.28. The number of benzene rings is 1. The Balaban J connectivity index is 1.41.